The van der Waals surface area contributed by atoms with Gasteiger partial charge in [-0.1, -0.05) is 0 Å². The van der Waals surface area contributed by atoms with Crippen LogP contribution in [0.2, 0.25) is 0 Å². The molecule has 0 fully saturated rings. The summed E-state index contributed by atoms with van der Waals surface area (Å²) in [6.07, 6.45) is 5.49. The fourth-order valence-corrected chi connectivity index (χ4v) is 0.998. The van der Waals surface area contributed by atoms with Gasteiger partial charge in [0.2, 0.25) is 0 Å². The van der Waals surface area contributed by atoms with Crippen molar-refractivity contribution in [3.63, 3.8) is 0 Å². The third-order valence-corrected chi connectivity index (χ3v) is 1.68. The smallest absolute Gasteiger partial charge is 0.316 e. The van der Waals surface area contributed by atoms with Crippen LogP contribution >= 0.6 is 0 Å². The van der Waals surface area contributed by atoms with Crippen LogP contribution in [0.5, 0.6) is 6.01 Å². The lowest BCUT2D eigenvalue weighted by Gasteiger charge is -2.00. The first-order valence-corrected chi connectivity index (χ1v) is 4.20. The topological polar surface area (TPSA) is 44.2 Å². The zero-order valence-corrected chi connectivity index (χ0v) is 7.99. The number of hydrogen-bond donors (Lipinski definition) is 0. The van der Waals surface area contributed by atoms with E-state index in [0.717, 1.165) is 25.0 Å². The molecule has 0 radical (unpaired) electrons. The van der Waals surface area contributed by atoms with Gasteiger partial charge in [-0.25, -0.2) is 9.97 Å². The van der Waals surface area contributed by atoms with Gasteiger partial charge in [-0.2, -0.15) is 0 Å². The molecule has 0 saturated heterocycles. The molecule has 0 bridgehead atoms. The van der Waals surface area contributed by atoms with E-state index in [-0.39, 0.29) is 0 Å². The molecule has 0 N–H and O–H groups in total. The summed E-state index contributed by atoms with van der Waals surface area (Å²) in [5.41, 5.74) is 1.11. The van der Waals surface area contributed by atoms with Gasteiger partial charge in [-0.3, -0.25) is 0 Å². The lowest BCUT2D eigenvalue weighted by Crippen LogP contribution is -1.96. The summed E-state index contributed by atoms with van der Waals surface area (Å²) in [6.45, 7) is 0.770. The number of nitrogens with zero attached hydrogens (tertiary/aromatic N) is 2. The summed E-state index contributed by atoms with van der Waals surface area (Å²) in [5, 5.41) is 0. The normalized spacial score (nSPS) is 10.0. The molecule has 0 aliphatic heterocycles. The molecule has 0 saturated carbocycles. The van der Waals surface area contributed by atoms with Crippen LogP contribution in [0.1, 0.15) is 12.0 Å². The molecule has 1 aromatic rings. The van der Waals surface area contributed by atoms with E-state index >= 15 is 0 Å². The van der Waals surface area contributed by atoms with E-state index < -0.39 is 0 Å². The number of aryl methyl sites for hydroxylation is 1. The molecule has 0 unspecified atom stereocenters. The van der Waals surface area contributed by atoms with Crippen molar-refractivity contribution in [3.05, 3.63) is 18.0 Å². The van der Waals surface area contributed by atoms with Crippen molar-refractivity contribution in [1.29, 1.82) is 0 Å². The van der Waals surface area contributed by atoms with Gasteiger partial charge in [-0.05, 0) is 18.4 Å². The van der Waals surface area contributed by atoms with Crippen LogP contribution in [-0.4, -0.2) is 30.8 Å². The minimum atomic E-state index is 0.412. The zero-order valence-electron chi connectivity index (χ0n) is 7.99. The van der Waals surface area contributed by atoms with E-state index in [1.165, 1.54) is 0 Å². The highest BCUT2D eigenvalue weighted by Crippen LogP contribution is 2.03. The van der Waals surface area contributed by atoms with Gasteiger partial charge >= 0.3 is 6.01 Å². The van der Waals surface area contributed by atoms with Crippen LogP contribution in [0.4, 0.5) is 0 Å². The van der Waals surface area contributed by atoms with Gasteiger partial charge in [0.15, 0.2) is 0 Å². The Hall–Kier alpha value is -1.16. The third kappa shape index (κ3) is 3.38. The standard InChI is InChI=1S/C9H14N2O2/c1-12-5-3-4-8-6-10-9(13-2)11-7-8/h6-7H,3-5H2,1-2H3. The van der Waals surface area contributed by atoms with Gasteiger partial charge in [0, 0.05) is 26.1 Å². The Morgan fingerprint density at radius 3 is 2.46 bits per heavy atom. The van der Waals surface area contributed by atoms with Gasteiger partial charge in [-0.15, -0.1) is 0 Å². The van der Waals surface area contributed by atoms with E-state index in [1.807, 2.05) is 0 Å². The Bertz CT molecular complexity index is 236. The Kier molecular flexibility index (Phi) is 4.18. The second-order valence-corrected chi connectivity index (χ2v) is 2.67. The second-order valence-electron chi connectivity index (χ2n) is 2.67. The van der Waals surface area contributed by atoms with E-state index in [0.29, 0.717) is 6.01 Å². The molecule has 0 aliphatic carbocycles. The molecule has 0 aliphatic rings. The van der Waals surface area contributed by atoms with Crippen molar-refractivity contribution < 1.29 is 9.47 Å². The summed E-state index contributed by atoms with van der Waals surface area (Å²) in [4.78, 5) is 8.00. The number of aromatic nitrogens is 2. The molecular formula is C9H14N2O2. The third-order valence-electron chi connectivity index (χ3n) is 1.68. The molecular weight excluding hydrogens is 168 g/mol. The molecule has 72 valence electrons. The maximum absolute atomic E-state index is 4.94. The second kappa shape index (κ2) is 5.48. The number of methoxy groups -OCH3 is 2. The van der Waals surface area contributed by atoms with Crippen LogP contribution < -0.4 is 4.74 Å². The first kappa shape index (κ1) is 9.92. The predicted octanol–water partition coefficient (Wildman–Crippen LogP) is 1.06. The van der Waals surface area contributed by atoms with Gasteiger partial charge in [0.1, 0.15) is 0 Å². The maximum atomic E-state index is 4.94. The van der Waals surface area contributed by atoms with Crippen LogP contribution in [0.3, 0.4) is 0 Å². The average molecular weight is 182 g/mol. The fraction of sp³-hybridized carbons (Fsp3) is 0.556. The van der Waals surface area contributed by atoms with Crippen molar-refractivity contribution in [2.75, 3.05) is 20.8 Å². The lowest BCUT2D eigenvalue weighted by atomic mass is 10.2. The van der Waals surface area contributed by atoms with E-state index in [4.69, 9.17) is 9.47 Å². The van der Waals surface area contributed by atoms with E-state index in [9.17, 15) is 0 Å². The van der Waals surface area contributed by atoms with E-state index in [1.54, 1.807) is 26.6 Å². The van der Waals surface area contributed by atoms with Gasteiger partial charge in [0.25, 0.3) is 0 Å². The van der Waals surface area contributed by atoms with Crippen molar-refractivity contribution in [3.8, 4) is 6.01 Å². The summed E-state index contributed by atoms with van der Waals surface area (Å²) in [6, 6.07) is 0.412. The molecule has 0 amide bonds. The molecule has 0 spiro atoms. The van der Waals surface area contributed by atoms with Crippen LogP contribution in [0, 0.1) is 0 Å². The van der Waals surface area contributed by atoms with Crippen molar-refractivity contribution in [2.45, 2.75) is 12.8 Å². The SMILES string of the molecule is COCCCc1cnc(OC)nc1. The highest BCUT2D eigenvalue weighted by molar-refractivity contribution is 5.07. The number of ether oxygens (including phenoxy) is 2. The highest BCUT2D eigenvalue weighted by Gasteiger charge is 1.96. The predicted molar refractivity (Wildman–Crippen MR) is 48.8 cm³/mol. The van der Waals surface area contributed by atoms with Crippen LogP contribution in [0.15, 0.2) is 12.4 Å². The first-order chi connectivity index (χ1) is 6.36. The van der Waals surface area contributed by atoms with Crippen LogP contribution in [-0.2, 0) is 11.2 Å². The summed E-state index contributed by atoms with van der Waals surface area (Å²) < 4.78 is 9.79. The van der Waals surface area contributed by atoms with E-state index in [2.05, 4.69) is 9.97 Å². The van der Waals surface area contributed by atoms with Crippen molar-refractivity contribution in [2.24, 2.45) is 0 Å². The molecule has 4 heteroatoms. The fourth-order valence-electron chi connectivity index (χ4n) is 0.998. The minimum absolute atomic E-state index is 0.412. The number of rotatable bonds is 5. The Morgan fingerprint density at radius 2 is 1.92 bits per heavy atom. The molecule has 0 atom stereocenters. The minimum Gasteiger partial charge on any atom is -0.467 e. The molecule has 4 nitrogen and oxygen atoms in total. The average Bonchev–Trinajstić information content (AvgIpc) is 2.19. The first-order valence-electron chi connectivity index (χ1n) is 4.20. The molecule has 13 heavy (non-hydrogen) atoms. The quantitative estimate of drug-likeness (QED) is 0.639. The number of hydrogen-bond acceptors (Lipinski definition) is 4. The monoisotopic (exact) mass is 182 g/mol. The summed E-state index contributed by atoms with van der Waals surface area (Å²) in [7, 11) is 3.25. The van der Waals surface area contributed by atoms with Gasteiger partial charge in [0.05, 0.1) is 7.11 Å². The molecule has 1 heterocycles. The summed E-state index contributed by atoms with van der Waals surface area (Å²) >= 11 is 0. The van der Waals surface area contributed by atoms with Gasteiger partial charge < -0.3 is 9.47 Å². The molecule has 1 rings (SSSR count). The zero-order chi connectivity index (χ0) is 9.52. The van der Waals surface area contributed by atoms with Crippen molar-refractivity contribution in [1.82, 2.24) is 9.97 Å². The van der Waals surface area contributed by atoms with Crippen molar-refractivity contribution >= 4 is 0 Å². The molecule has 0 aromatic carbocycles. The Morgan fingerprint density at radius 1 is 1.23 bits per heavy atom. The summed E-state index contributed by atoms with van der Waals surface area (Å²) in [5.74, 6) is 0. The molecule has 1 aromatic heterocycles. The maximum Gasteiger partial charge on any atom is 0.316 e. The highest BCUT2D eigenvalue weighted by atomic mass is 16.5. The Balaban J connectivity index is 2.40. The Labute approximate surface area is 77.9 Å². The van der Waals surface area contributed by atoms with Crippen LogP contribution in [0.25, 0.3) is 0 Å². The largest absolute Gasteiger partial charge is 0.467 e. The lowest BCUT2D eigenvalue weighted by molar-refractivity contribution is 0.195.